The van der Waals surface area contributed by atoms with E-state index in [0.29, 0.717) is 32.5 Å². The van der Waals surface area contributed by atoms with E-state index in [2.05, 4.69) is 10.1 Å². The van der Waals surface area contributed by atoms with E-state index in [1.807, 2.05) is 18.2 Å². The molecule has 0 radical (unpaired) electrons. The third-order valence-electron chi connectivity index (χ3n) is 5.42. The largest absolute Gasteiger partial charge is 0.489 e. The van der Waals surface area contributed by atoms with Gasteiger partial charge in [0.1, 0.15) is 12.4 Å². The van der Waals surface area contributed by atoms with Crippen molar-refractivity contribution in [3.8, 4) is 28.1 Å². The van der Waals surface area contributed by atoms with Crippen LogP contribution in [0.4, 0.5) is 13.2 Å². The Bertz CT molecular complexity index is 1500. The van der Waals surface area contributed by atoms with Crippen molar-refractivity contribution < 1.29 is 17.9 Å². The van der Waals surface area contributed by atoms with Gasteiger partial charge in [0.15, 0.2) is 11.3 Å². The van der Waals surface area contributed by atoms with Crippen molar-refractivity contribution >= 4 is 28.8 Å². The maximum atomic E-state index is 13.9. The van der Waals surface area contributed by atoms with Crippen molar-refractivity contribution in [3.63, 3.8) is 0 Å². The minimum atomic E-state index is -4.63. The van der Waals surface area contributed by atoms with Gasteiger partial charge in [-0.05, 0) is 54.1 Å². The topological polar surface area (TPSA) is 39.4 Å². The molecule has 0 saturated heterocycles. The monoisotopic (exact) mass is 513 g/mol. The number of hydrogen-bond donors (Lipinski definition) is 0. The van der Waals surface area contributed by atoms with E-state index >= 15 is 0 Å². The molecule has 35 heavy (non-hydrogen) atoms. The number of benzene rings is 3. The number of nitrogens with zero attached hydrogens (tertiary/aromatic N) is 3. The van der Waals surface area contributed by atoms with Crippen molar-refractivity contribution in [2.24, 2.45) is 0 Å². The molecule has 0 bridgehead atoms. The zero-order valence-corrected chi connectivity index (χ0v) is 19.4. The number of fused-ring (bicyclic) bond motifs is 1. The molecule has 0 saturated carbocycles. The van der Waals surface area contributed by atoms with E-state index in [1.54, 1.807) is 54.6 Å². The lowest BCUT2D eigenvalue weighted by Crippen LogP contribution is -2.13. The van der Waals surface area contributed by atoms with Gasteiger partial charge in [-0.1, -0.05) is 53.5 Å². The van der Waals surface area contributed by atoms with Crippen molar-refractivity contribution in [1.82, 2.24) is 14.6 Å². The van der Waals surface area contributed by atoms with Gasteiger partial charge in [0.25, 0.3) is 0 Å². The van der Waals surface area contributed by atoms with Gasteiger partial charge in [-0.3, -0.25) is 0 Å². The molecular formula is C26H16Cl2F3N3O. The first-order valence-electron chi connectivity index (χ1n) is 10.5. The molecule has 0 unspecified atom stereocenters. The summed E-state index contributed by atoms with van der Waals surface area (Å²) in [6.07, 6.45) is -3.26. The smallest absolute Gasteiger partial charge is 0.433 e. The summed E-state index contributed by atoms with van der Waals surface area (Å²) in [5.74, 6) is 0.553. The number of hydrogen-bond acceptors (Lipinski definition) is 3. The van der Waals surface area contributed by atoms with Crippen LogP contribution in [0.15, 0.2) is 85.1 Å². The Balaban J connectivity index is 1.51. The Hall–Kier alpha value is -3.55. The highest BCUT2D eigenvalue weighted by Crippen LogP contribution is 2.35. The van der Waals surface area contributed by atoms with Crippen LogP contribution in [-0.4, -0.2) is 14.6 Å². The second-order valence-electron chi connectivity index (χ2n) is 7.73. The zero-order valence-electron chi connectivity index (χ0n) is 17.9. The van der Waals surface area contributed by atoms with Crippen LogP contribution in [-0.2, 0) is 12.8 Å². The quantitative estimate of drug-likeness (QED) is 0.239. The Kier molecular flexibility index (Phi) is 6.13. The summed E-state index contributed by atoms with van der Waals surface area (Å²) in [6.45, 7) is 0.266. The first-order valence-corrected chi connectivity index (χ1v) is 11.2. The van der Waals surface area contributed by atoms with Gasteiger partial charge in [0, 0.05) is 26.7 Å². The average Bonchev–Trinajstić information content (AvgIpc) is 3.27. The Morgan fingerprint density at radius 1 is 0.857 bits per heavy atom. The van der Waals surface area contributed by atoms with Crippen molar-refractivity contribution in [1.29, 1.82) is 0 Å². The summed E-state index contributed by atoms with van der Waals surface area (Å²) in [4.78, 5) is 4.52. The Morgan fingerprint density at radius 2 is 1.54 bits per heavy atom. The molecule has 0 spiro atoms. The third-order valence-corrected chi connectivity index (χ3v) is 6.04. The number of rotatable bonds is 5. The first-order chi connectivity index (χ1) is 16.8. The van der Waals surface area contributed by atoms with Gasteiger partial charge in [0.05, 0.1) is 11.9 Å². The van der Waals surface area contributed by atoms with Gasteiger partial charge in [-0.15, -0.1) is 0 Å². The van der Waals surface area contributed by atoms with E-state index in [9.17, 15) is 13.2 Å². The highest BCUT2D eigenvalue weighted by molar-refractivity contribution is 6.31. The molecule has 2 heterocycles. The highest BCUT2D eigenvalue weighted by atomic mass is 35.5. The van der Waals surface area contributed by atoms with Gasteiger partial charge >= 0.3 is 6.18 Å². The van der Waals surface area contributed by atoms with Crippen LogP contribution in [0.3, 0.4) is 0 Å². The van der Waals surface area contributed by atoms with Crippen molar-refractivity contribution in [3.05, 3.63) is 106 Å². The molecular weight excluding hydrogens is 498 g/mol. The average molecular weight is 514 g/mol. The fraction of sp³-hybridized carbons (Fsp3) is 0.0769. The number of halogens is 5. The Labute approximate surface area is 208 Å². The van der Waals surface area contributed by atoms with E-state index in [-0.39, 0.29) is 17.9 Å². The summed E-state index contributed by atoms with van der Waals surface area (Å²) in [5, 5.41) is 5.08. The van der Waals surface area contributed by atoms with Crippen molar-refractivity contribution in [2.75, 3.05) is 0 Å². The summed E-state index contributed by atoms with van der Waals surface area (Å²) < 4.78 is 48.3. The normalized spacial score (nSPS) is 11.7. The van der Waals surface area contributed by atoms with Crippen LogP contribution >= 0.6 is 23.2 Å². The SMILES string of the molecule is FC(F)(F)c1cc(-c2ccc(OCc3ccccc3Cl)cc2)nc2c(-c3ccc(Cl)cc3)cnn12. The summed E-state index contributed by atoms with van der Waals surface area (Å²) >= 11 is 12.1. The zero-order chi connectivity index (χ0) is 24.6. The van der Waals surface area contributed by atoms with Gasteiger partial charge in [-0.25, -0.2) is 9.50 Å². The maximum Gasteiger partial charge on any atom is 0.433 e. The first kappa shape index (κ1) is 23.2. The maximum absolute atomic E-state index is 13.9. The molecule has 0 N–H and O–H groups in total. The second kappa shape index (κ2) is 9.24. The van der Waals surface area contributed by atoms with Gasteiger partial charge in [-0.2, -0.15) is 18.3 Å². The fourth-order valence-corrected chi connectivity index (χ4v) is 3.96. The summed E-state index contributed by atoms with van der Waals surface area (Å²) in [6, 6.07) is 21.8. The molecule has 0 aliphatic heterocycles. The number of ether oxygens (including phenoxy) is 1. The predicted octanol–water partition coefficient (Wildman–Crippen LogP) is 7.97. The molecule has 0 fully saturated rings. The van der Waals surface area contributed by atoms with Crippen LogP contribution in [0.1, 0.15) is 11.3 Å². The summed E-state index contributed by atoms with van der Waals surface area (Å²) in [5.41, 5.74) is 1.80. The molecule has 5 rings (SSSR count). The van der Waals surface area contributed by atoms with E-state index in [4.69, 9.17) is 27.9 Å². The van der Waals surface area contributed by atoms with Gasteiger partial charge in [0.2, 0.25) is 0 Å². The van der Waals surface area contributed by atoms with Gasteiger partial charge < -0.3 is 4.74 Å². The van der Waals surface area contributed by atoms with E-state index < -0.39 is 11.9 Å². The van der Waals surface area contributed by atoms with Crippen LogP contribution in [0, 0.1) is 0 Å². The second-order valence-corrected chi connectivity index (χ2v) is 8.57. The molecule has 0 aliphatic carbocycles. The lowest BCUT2D eigenvalue weighted by Gasteiger charge is -2.12. The van der Waals surface area contributed by atoms with Crippen LogP contribution in [0.5, 0.6) is 5.75 Å². The Morgan fingerprint density at radius 3 is 2.23 bits per heavy atom. The molecule has 176 valence electrons. The minimum absolute atomic E-state index is 0.0937. The molecule has 0 amide bonds. The summed E-state index contributed by atoms with van der Waals surface area (Å²) in [7, 11) is 0. The number of alkyl halides is 3. The third kappa shape index (κ3) is 4.83. The molecule has 0 aliphatic rings. The minimum Gasteiger partial charge on any atom is -0.489 e. The lowest BCUT2D eigenvalue weighted by atomic mass is 10.1. The fourth-order valence-electron chi connectivity index (χ4n) is 3.64. The molecule has 5 aromatic rings. The highest BCUT2D eigenvalue weighted by Gasteiger charge is 2.35. The van der Waals surface area contributed by atoms with Crippen LogP contribution in [0.25, 0.3) is 28.0 Å². The molecule has 4 nitrogen and oxygen atoms in total. The van der Waals surface area contributed by atoms with E-state index in [0.717, 1.165) is 16.1 Å². The van der Waals surface area contributed by atoms with Crippen LogP contribution in [0.2, 0.25) is 10.0 Å². The lowest BCUT2D eigenvalue weighted by molar-refractivity contribution is -0.142. The molecule has 9 heteroatoms. The van der Waals surface area contributed by atoms with Crippen LogP contribution < -0.4 is 4.74 Å². The molecule has 3 aromatic carbocycles. The van der Waals surface area contributed by atoms with E-state index in [1.165, 1.54) is 6.20 Å². The van der Waals surface area contributed by atoms with Crippen molar-refractivity contribution in [2.45, 2.75) is 12.8 Å². The molecule has 0 atom stereocenters. The predicted molar refractivity (Wildman–Crippen MR) is 130 cm³/mol. The molecule has 2 aromatic heterocycles. The number of aromatic nitrogens is 3. The standard InChI is InChI=1S/C26H16Cl2F3N3O/c27-19-9-5-16(6-10-19)21-14-32-34-24(26(29,30)31)13-23(33-25(21)34)17-7-11-20(12-8-17)35-15-18-3-1-2-4-22(18)28/h1-14H,15H2.